The van der Waals surface area contributed by atoms with E-state index >= 15 is 0 Å². The van der Waals surface area contributed by atoms with E-state index in [9.17, 15) is 4.79 Å². The zero-order valence-corrected chi connectivity index (χ0v) is 11.6. The van der Waals surface area contributed by atoms with Crippen molar-refractivity contribution in [1.29, 1.82) is 0 Å². The third kappa shape index (κ3) is 7.58. The fourth-order valence-electron chi connectivity index (χ4n) is 1.32. The molecular weight excluding hydrogens is 240 g/mol. The van der Waals surface area contributed by atoms with Crippen molar-refractivity contribution in [1.82, 2.24) is 5.32 Å². The third-order valence-electron chi connectivity index (χ3n) is 3.02. The van der Waals surface area contributed by atoms with Crippen LogP contribution in [0.2, 0.25) is 0 Å². The minimum atomic E-state index is -0.118. The Balaban J connectivity index is 0.00000256. The molecule has 1 aliphatic rings. The highest BCUT2D eigenvalue weighted by molar-refractivity contribution is 5.85. The average molecular weight is 265 g/mol. The molecule has 1 saturated carbocycles. The third-order valence-corrected chi connectivity index (χ3v) is 3.02. The van der Waals surface area contributed by atoms with E-state index < -0.39 is 0 Å². The van der Waals surface area contributed by atoms with Crippen LogP contribution >= 0.6 is 12.4 Å². The summed E-state index contributed by atoms with van der Waals surface area (Å²) in [5.41, 5.74) is 5.64. The summed E-state index contributed by atoms with van der Waals surface area (Å²) in [4.78, 5) is 11.5. The highest BCUT2D eigenvalue weighted by Gasteiger charge is 2.21. The largest absolute Gasteiger partial charge is 0.381 e. The molecule has 0 radical (unpaired) electrons. The van der Waals surface area contributed by atoms with Crippen LogP contribution in [0.25, 0.3) is 0 Å². The van der Waals surface area contributed by atoms with Gasteiger partial charge in [0.05, 0.1) is 0 Å². The predicted octanol–water partition coefficient (Wildman–Crippen LogP) is 1.32. The number of halogens is 1. The lowest BCUT2D eigenvalue weighted by molar-refractivity contribution is -0.124. The first-order valence-electron chi connectivity index (χ1n) is 6.22. The highest BCUT2D eigenvalue weighted by atomic mass is 35.5. The van der Waals surface area contributed by atoms with Crippen molar-refractivity contribution in [3.63, 3.8) is 0 Å². The van der Waals surface area contributed by atoms with Gasteiger partial charge in [-0.2, -0.15) is 0 Å². The van der Waals surface area contributed by atoms with Crippen LogP contribution in [0, 0.1) is 11.8 Å². The number of nitrogens with two attached hydrogens (primary N) is 1. The van der Waals surface area contributed by atoms with Gasteiger partial charge in [0.1, 0.15) is 0 Å². The van der Waals surface area contributed by atoms with E-state index in [2.05, 4.69) is 5.32 Å². The molecule has 2 atom stereocenters. The van der Waals surface area contributed by atoms with E-state index in [1.807, 2.05) is 13.8 Å². The number of rotatable bonds is 8. The minimum absolute atomic E-state index is 0. The molecule has 2 unspecified atom stereocenters. The molecule has 3 N–H and O–H groups in total. The molecule has 1 rings (SSSR count). The number of carbonyl (C=O) groups excluding carboxylic acids is 1. The number of ether oxygens (including phenoxy) is 1. The van der Waals surface area contributed by atoms with Gasteiger partial charge in [-0.25, -0.2) is 0 Å². The molecule has 0 aromatic heterocycles. The Bertz CT molecular complexity index is 221. The SMILES string of the molecule is CC(N)C(C)C(=O)NCCCOCC1CC1.Cl. The van der Waals surface area contributed by atoms with Gasteiger partial charge < -0.3 is 15.8 Å². The van der Waals surface area contributed by atoms with Gasteiger partial charge in [0, 0.05) is 31.7 Å². The van der Waals surface area contributed by atoms with Gasteiger partial charge in [-0.15, -0.1) is 12.4 Å². The maximum Gasteiger partial charge on any atom is 0.224 e. The molecule has 0 aliphatic heterocycles. The molecule has 1 amide bonds. The van der Waals surface area contributed by atoms with Crippen LogP contribution in [0.4, 0.5) is 0 Å². The van der Waals surface area contributed by atoms with E-state index in [0.717, 1.165) is 25.6 Å². The second-order valence-electron chi connectivity index (χ2n) is 4.81. The van der Waals surface area contributed by atoms with E-state index in [0.29, 0.717) is 6.54 Å². The van der Waals surface area contributed by atoms with Crippen molar-refractivity contribution in [2.45, 2.75) is 39.2 Å². The Kier molecular flexibility index (Phi) is 8.56. The smallest absolute Gasteiger partial charge is 0.224 e. The molecule has 4 nitrogen and oxygen atoms in total. The highest BCUT2D eigenvalue weighted by Crippen LogP contribution is 2.28. The fourth-order valence-corrected chi connectivity index (χ4v) is 1.32. The monoisotopic (exact) mass is 264 g/mol. The van der Waals surface area contributed by atoms with Crippen LogP contribution < -0.4 is 11.1 Å². The van der Waals surface area contributed by atoms with Gasteiger partial charge in [-0.05, 0) is 32.1 Å². The van der Waals surface area contributed by atoms with Crippen LogP contribution in [0.3, 0.4) is 0 Å². The Hall–Kier alpha value is -0.320. The lowest BCUT2D eigenvalue weighted by Gasteiger charge is -2.15. The average Bonchev–Trinajstić information content (AvgIpc) is 3.05. The minimum Gasteiger partial charge on any atom is -0.381 e. The predicted molar refractivity (Wildman–Crippen MR) is 71.2 cm³/mol. The number of nitrogens with one attached hydrogen (secondary N) is 1. The normalized spacial score (nSPS) is 18.1. The molecule has 1 aliphatic carbocycles. The molecule has 0 heterocycles. The quantitative estimate of drug-likeness (QED) is 0.650. The molecule has 0 aromatic rings. The number of carbonyl (C=O) groups is 1. The standard InChI is InChI=1S/C12H24N2O2.ClH/c1-9(10(2)13)12(15)14-6-3-7-16-8-11-4-5-11;/h9-11H,3-8,13H2,1-2H3,(H,14,15);1H. The van der Waals surface area contributed by atoms with E-state index in [1.54, 1.807) is 0 Å². The number of hydrogen-bond donors (Lipinski definition) is 2. The van der Waals surface area contributed by atoms with Gasteiger partial charge in [-0.3, -0.25) is 4.79 Å². The zero-order valence-electron chi connectivity index (χ0n) is 10.8. The summed E-state index contributed by atoms with van der Waals surface area (Å²) in [5, 5.41) is 2.87. The van der Waals surface area contributed by atoms with Crippen molar-refractivity contribution in [3.8, 4) is 0 Å². The van der Waals surface area contributed by atoms with Crippen LogP contribution in [0.5, 0.6) is 0 Å². The first-order chi connectivity index (χ1) is 7.61. The topological polar surface area (TPSA) is 64.4 Å². The molecule has 102 valence electrons. The lowest BCUT2D eigenvalue weighted by atomic mass is 10.0. The summed E-state index contributed by atoms with van der Waals surface area (Å²) in [6.07, 6.45) is 3.52. The Morgan fingerprint density at radius 2 is 2.12 bits per heavy atom. The van der Waals surface area contributed by atoms with Crippen molar-refractivity contribution < 1.29 is 9.53 Å². The first kappa shape index (κ1) is 16.7. The summed E-state index contributed by atoms with van der Waals surface area (Å²) in [7, 11) is 0. The van der Waals surface area contributed by atoms with Crippen molar-refractivity contribution in [2.24, 2.45) is 17.6 Å². The maximum absolute atomic E-state index is 11.5. The molecule has 5 heteroatoms. The van der Waals surface area contributed by atoms with Crippen LogP contribution in [-0.4, -0.2) is 31.7 Å². The molecule has 0 spiro atoms. The van der Waals surface area contributed by atoms with Gasteiger partial charge in [0.25, 0.3) is 0 Å². The van der Waals surface area contributed by atoms with Gasteiger partial charge in [0.2, 0.25) is 5.91 Å². The number of amides is 1. The van der Waals surface area contributed by atoms with Crippen LogP contribution in [-0.2, 0) is 9.53 Å². The fraction of sp³-hybridized carbons (Fsp3) is 0.917. The summed E-state index contributed by atoms with van der Waals surface area (Å²) in [5.74, 6) is 0.734. The van der Waals surface area contributed by atoms with Gasteiger partial charge in [0.15, 0.2) is 0 Å². The van der Waals surface area contributed by atoms with Crippen molar-refractivity contribution in [2.75, 3.05) is 19.8 Å². The van der Waals surface area contributed by atoms with E-state index in [1.165, 1.54) is 12.8 Å². The van der Waals surface area contributed by atoms with Crippen LogP contribution in [0.1, 0.15) is 33.1 Å². The summed E-state index contributed by atoms with van der Waals surface area (Å²) in [6, 6.07) is -0.0916. The summed E-state index contributed by atoms with van der Waals surface area (Å²) in [6.45, 7) is 6.01. The zero-order chi connectivity index (χ0) is 12.0. The Morgan fingerprint density at radius 3 is 2.65 bits per heavy atom. The Morgan fingerprint density at radius 1 is 1.47 bits per heavy atom. The van der Waals surface area contributed by atoms with E-state index in [4.69, 9.17) is 10.5 Å². The number of hydrogen-bond acceptors (Lipinski definition) is 3. The molecule has 17 heavy (non-hydrogen) atoms. The summed E-state index contributed by atoms with van der Waals surface area (Å²) >= 11 is 0. The second-order valence-corrected chi connectivity index (χ2v) is 4.81. The van der Waals surface area contributed by atoms with Gasteiger partial charge >= 0.3 is 0 Å². The first-order valence-corrected chi connectivity index (χ1v) is 6.22. The molecular formula is C12H25ClN2O2. The molecule has 0 bridgehead atoms. The van der Waals surface area contributed by atoms with Crippen molar-refractivity contribution in [3.05, 3.63) is 0 Å². The lowest BCUT2D eigenvalue weighted by Crippen LogP contribution is -2.39. The molecule has 0 aromatic carbocycles. The molecule has 1 fully saturated rings. The Labute approximate surface area is 110 Å². The maximum atomic E-state index is 11.5. The van der Waals surface area contributed by atoms with Crippen LogP contribution in [0.15, 0.2) is 0 Å². The van der Waals surface area contributed by atoms with E-state index in [-0.39, 0.29) is 30.3 Å². The van der Waals surface area contributed by atoms with Crippen molar-refractivity contribution >= 4 is 18.3 Å². The molecule has 0 saturated heterocycles. The summed E-state index contributed by atoms with van der Waals surface area (Å²) < 4.78 is 5.47. The second kappa shape index (κ2) is 8.72. The van der Waals surface area contributed by atoms with Gasteiger partial charge in [-0.1, -0.05) is 6.92 Å².